The van der Waals surface area contributed by atoms with Crippen molar-refractivity contribution in [2.45, 2.75) is 58.7 Å². The summed E-state index contributed by atoms with van der Waals surface area (Å²) in [5, 5.41) is 13.8. The zero-order valence-corrected chi connectivity index (χ0v) is 20.2. The molecule has 0 amide bonds. The van der Waals surface area contributed by atoms with Crippen LogP contribution in [0.3, 0.4) is 0 Å². The largest absolute Gasteiger partial charge is 0.349 e. The molecule has 2 aromatic heterocycles. The van der Waals surface area contributed by atoms with Crippen molar-refractivity contribution in [1.82, 2.24) is 24.1 Å². The Morgan fingerprint density at radius 2 is 2.06 bits per heavy atom. The zero-order chi connectivity index (χ0) is 22.5. The number of fused-ring (bicyclic) bond motifs is 1. The molecule has 5 heterocycles. The van der Waals surface area contributed by atoms with E-state index in [1.165, 1.54) is 24.5 Å². The molecule has 0 bridgehead atoms. The van der Waals surface area contributed by atoms with Gasteiger partial charge in [0.25, 0.3) is 0 Å². The second-order valence-corrected chi connectivity index (χ2v) is 11.1. The number of piperazine rings is 1. The van der Waals surface area contributed by atoms with E-state index in [9.17, 15) is 5.26 Å². The number of nitrogens with one attached hydrogen (secondary N) is 1. The number of rotatable bonds is 5. The lowest BCUT2D eigenvalue weighted by Crippen LogP contribution is -2.70. The highest BCUT2D eigenvalue weighted by Gasteiger charge is 2.47. The van der Waals surface area contributed by atoms with E-state index in [0.717, 1.165) is 48.3 Å². The Kier molecular flexibility index (Phi) is 5.56. The minimum atomic E-state index is 0.174. The number of nitrogens with zero attached hydrogens (tertiary/aromatic N) is 7. The molecule has 3 atom stereocenters. The Balaban J connectivity index is 1.31. The molecule has 5 rings (SSSR count). The fourth-order valence-corrected chi connectivity index (χ4v) is 6.31. The van der Waals surface area contributed by atoms with Crippen LogP contribution < -0.4 is 10.2 Å². The predicted octanol–water partition coefficient (Wildman–Crippen LogP) is 3.18. The number of aromatic nitrogens is 3. The van der Waals surface area contributed by atoms with Crippen molar-refractivity contribution in [2.24, 2.45) is 5.41 Å². The molecule has 3 aliphatic rings. The second kappa shape index (κ2) is 8.25. The number of hydrogen-bond acceptors (Lipinski definition) is 9. The Bertz CT molecular complexity index is 1030. The van der Waals surface area contributed by atoms with E-state index < -0.39 is 0 Å². The van der Waals surface area contributed by atoms with E-state index in [1.54, 1.807) is 0 Å². The first-order valence-electron chi connectivity index (χ1n) is 11.5. The standard InChI is InChI=1S/C23H32N8S/c1-15-11-25-22(26-20-9-16(2)28-32-20)27-21(15)31-13-19(18(31)5-6-24)29-7-8-30-14-23(3,4)10-17(30)12-29/h9,11,17-19H,5,7-8,10,12-14H2,1-4H3,(H,25,26,27)/t17-,18-,19+/m0/s1. The minimum absolute atomic E-state index is 0.174. The van der Waals surface area contributed by atoms with Crippen LogP contribution in [0.1, 0.15) is 37.9 Å². The SMILES string of the molecule is Cc1cc(Nc2ncc(C)c(N3C[C@@H](N4CCN5CC(C)(C)C[C@H]5C4)[C@@H]3CC#N)n2)sn1. The normalized spacial score (nSPS) is 27.6. The molecule has 0 aliphatic carbocycles. The second-order valence-electron chi connectivity index (χ2n) is 10.3. The van der Waals surface area contributed by atoms with Crippen LogP contribution in [0.15, 0.2) is 12.3 Å². The van der Waals surface area contributed by atoms with Crippen LogP contribution in [-0.2, 0) is 0 Å². The quantitative estimate of drug-likeness (QED) is 0.741. The number of nitriles is 1. The Labute approximate surface area is 194 Å². The number of anilines is 3. The van der Waals surface area contributed by atoms with Crippen LogP contribution in [0, 0.1) is 30.6 Å². The first-order chi connectivity index (χ1) is 15.3. The third kappa shape index (κ3) is 4.07. The monoisotopic (exact) mass is 452 g/mol. The van der Waals surface area contributed by atoms with Gasteiger partial charge in [0.2, 0.25) is 5.95 Å². The van der Waals surface area contributed by atoms with Gasteiger partial charge in [0.15, 0.2) is 0 Å². The molecule has 3 saturated heterocycles. The van der Waals surface area contributed by atoms with E-state index in [-0.39, 0.29) is 6.04 Å². The maximum Gasteiger partial charge on any atom is 0.229 e. The Morgan fingerprint density at radius 3 is 2.81 bits per heavy atom. The van der Waals surface area contributed by atoms with Gasteiger partial charge in [-0.2, -0.15) is 14.6 Å². The molecule has 32 heavy (non-hydrogen) atoms. The summed E-state index contributed by atoms with van der Waals surface area (Å²) in [6, 6.07) is 5.66. The van der Waals surface area contributed by atoms with Crippen LogP contribution in [-0.4, -0.2) is 75.0 Å². The van der Waals surface area contributed by atoms with Crippen molar-refractivity contribution in [2.75, 3.05) is 42.9 Å². The van der Waals surface area contributed by atoms with Gasteiger partial charge in [-0.25, -0.2) is 4.98 Å². The van der Waals surface area contributed by atoms with Crippen LogP contribution in [0.4, 0.5) is 16.8 Å². The van der Waals surface area contributed by atoms with Crippen molar-refractivity contribution < 1.29 is 0 Å². The molecule has 0 saturated carbocycles. The van der Waals surface area contributed by atoms with Gasteiger partial charge in [-0.05, 0) is 43.3 Å². The molecule has 8 nitrogen and oxygen atoms in total. The summed E-state index contributed by atoms with van der Waals surface area (Å²) < 4.78 is 4.31. The minimum Gasteiger partial charge on any atom is -0.349 e. The smallest absolute Gasteiger partial charge is 0.229 e. The van der Waals surface area contributed by atoms with Crippen LogP contribution in [0.5, 0.6) is 0 Å². The average Bonchev–Trinajstić information content (AvgIpc) is 3.27. The summed E-state index contributed by atoms with van der Waals surface area (Å²) in [6.07, 6.45) is 3.65. The Morgan fingerprint density at radius 1 is 1.25 bits per heavy atom. The summed E-state index contributed by atoms with van der Waals surface area (Å²) in [6.45, 7) is 14.3. The summed E-state index contributed by atoms with van der Waals surface area (Å²) in [5.74, 6) is 1.51. The van der Waals surface area contributed by atoms with Gasteiger partial charge >= 0.3 is 0 Å². The topological polar surface area (TPSA) is 84.2 Å². The molecule has 9 heteroatoms. The summed E-state index contributed by atoms with van der Waals surface area (Å²) >= 11 is 1.41. The molecule has 1 N–H and O–H groups in total. The lowest BCUT2D eigenvalue weighted by atomic mass is 9.88. The Hall–Kier alpha value is -2.28. The number of aryl methyl sites for hydroxylation is 2. The third-order valence-electron chi connectivity index (χ3n) is 7.13. The van der Waals surface area contributed by atoms with Gasteiger partial charge in [0.05, 0.1) is 24.2 Å². The summed E-state index contributed by atoms with van der Waals surface area (Å²) in [5.41, 5.74) is 2.44. The van der Waals surface area contributed by atoms with Crippen molar-refractivity contribution in [1.29, 1.82) is 5.26 Å². The first kappa shape index (κ1) is 21.6. The fourth-order valence-electron chi connectivity index (χ4n) is 5.66. The van der Waals surface area contributed by atoms with Gasteiger partial charge in [-0.15, -0.1) is 0 Å². The van der Waals surface area contributed by atoms with E-state index in [2.05, 4.69) is 49.3 Å². The molecule has 2 aromatic rings. The van der Waals surface area contributed by atoms with Crippen molar-refractivity contribution >= 4 is 28.3 Å². The van der Waals surface area contributed by atoms with E-state index >= 15 is 0 Å². The lowest BCUT2D eigenvalue weighted by molar-refractivity contribution is 0.0414. The first-order valence-corrected chi connectivity index (χ1v) is 12.3. The zero-order valence-electron chi connectivity index (χ0n) is 19.4. The third-order valence-corrected chi connectivity index (χ3v) is 7.93. The highest BCUT2D eigenvalue weighted by atomic mass is 32.1. The molecule has 0 unspecified atom stereocenters. The molecule has 0 radical (unpaired) electrons. The van der Waals surface area contributed by atoms with Gasteiger partial charge in [0.1, 0.15) is 10.8 Å². The summed E-state index contributed by atoms with van der Waals surface area (Å²) in [4.78, 5) is 16.9. The van der Waals surface area contributed by atoms with Gasteiger partial charge in [-0.3, -0.25) is 9.80 Å². The molecule has 0 aromatic carbocycles. The van der Waals surface area contributed by atoms with Gasteiger partial charge in [-0.1, -0.05) is 13.8 Å². The fraction of sp³-hybridized carbons (Fsp3) is 0.652. The number of hydrogen-bond donors (Lipinski definition) is 1. The molecular formula is C23H32N8S. The maximum absolute atomic E-state index is 9.57. The van der Waals surface area contributed by atoms with Crippen LogP contribution >= 0.6 is 11.5 Å². The summed E-state index contributed by atoms with van der Waals surface area (Å²) in [7, 11) is 0. The highest BCUT2D eigenvalue weighted by Crippen LogP contribution is 2.39. The molecule has 3 fully saturated rings. The van der Waals surface area contributed by atoms with Crippen LogP contribution in [0.25, 0.3) is 0 Å². The van der Waals surface area contributed by atoms with E-state index in [0.29, 0.717) is 29.9 Å². The van der Waals surface area contributed by atoms with Crippen molar-refractivity contribution in [3.63, 3.8) is 0 Å². The molecule has 3 aliphatic heterocycles. The molecule has 0 spiro atoms. The molecule has 170 valence electrons. The van der Waals surface area contributed by atoms with Crippen molar-refractivity contribution in [3.05, 3.63) is 23.5 Å². The van der Waals surface area contributed by atoms with Crippen LogP contribution in [0.2, 0.25) is 0 Å². The van der Waals surface area contributed by atoms with Crippen molar-refractivity contribution in [3.8, 4) is 6.07 Å². The maximum atomic E-state index is 9.57. The van der Waals surface area contributed by atoms with E-state index in [4.69, 9.17) is 4.98 Å². The highest BCUT2D eigenvalue weighted by molar-refractivity contribution is 7.10. The van der Waals surface area contributed by atoms with Gasteiger partial charge in [0, 0.05) is 56.6 Å². The van der Waals surface area contributed by atoms with E-state index in [1.807, 2.05) is 26.1 Å². The average molecular weight is 453 g/mol. The predicted molar refractivity (Wildman–Crippen MR) is 127 cm³/mol. The van der Waals surface area contributed by atoms with Gasteiger partial charge < -0.3 is 10.2 Å². The molecular weight excluding hydrogens is 420 g/mol. The lowest BCUT2D eigenvalue weighted by Gasteiger charge is -2.55.